The number of ether oxygens (including phenoxy) is 1. The fraction of sp³-hybridized carbons (Fsp3) is 0.619. The predicted octanol–water partition coefficient (Wildman–Crippen LogP) is 0.420. The molecule has 2 bridgehead atoms. The number of likely N-dealkylation sites (tertiary alicyclic amines) is 1. The maximum atomic E-state index is 13.3. The standard InChI is InChI=1S/C21H25N5O4/c1-12-7-22-17-15(23-12)16(27)14(18(28)24-21-4-13(5-21)6-21)19(29)26(17)3-2-25-8-20(9-25)10-30-11-20/h7,13,27H,2-6,8-11H2,1H3,(H,24,28). The number of nitrogens with one attached hydrogen (secondary N) is 1. The Kier molecular flexibility index (Phi) is 3.66. The van der Waals surface area contributed by atoms with Crippen molar-refractivity contribution in [2.45, 2.75) is 38.3 Å². The fourth-order valence-electron chi connectivity index (χ4n) is 5.50. The summed E-state index contributed by atoms with van der Waals surface area (Å²) in [6.07, 6.45) is 4.45. The van der Waals surface area contributed by atoms with Gasteiger partial charge in [-0.25, -0.2) is 9.97 Å². The minimum Gasteiger partial charge on any atom is -0.505 e. The van der Waals surface area contributed by atoms with Crippen molar-refractivity contribution in [3.05, 3.63) is 27.8 Å². The number of hydrogen-bond donors (Lipinski definition) is 2. The number of aryl methyl sites for hydroxylation is 1. The van der Waals surface area contributed by atoms with Crippen molar-refractivity contribution in [3.8, 4) is 5.75 Å². The number of nitrogens with zero attached hydrogens (tertiary/aromatic N) is 4. The zero-order valence-corrected chi connectivity index (χ0v) is 17.0. The summed E-state index contributed by atoms with van der Waals surface area (Å²) < 4.78 is 6.81. The van der Waals surface area contributed by atoms with Crippen molar-refractivity contribution < 1.29 is 14.6 Å². The Morgan fingerprint density at radius 2 is 2.03 bits per heavy atom. The summed E-state index contributed by atoms with van der Waals surface area (Å²) in [5, 5.41) is 13.8. The van der Waals surface area contributed by atoms with Gasteiger partial charge in [-0.1, -0.05) is 0 Å². The average molecular weight is 411 g/mol. The SMILES string of the molecule is Cc1cnc2c(n1)c(O)c(C(=O)NC13CC(C1)C3)c(=O)n2CCN1CC2(COC2)C1. The van der Waals surface area contributed by atoms with Crippen molar-refractivity contribution in [1.82, 2.24) is 24.8 Å². The molecule has 2 aromatic heterocycles. The van der Waals surface area contributed by atoms with Gasteiger partial charge in [0.2, 0.25) is 0 Å². The number of aromatic nitrogens is 3. The van der Waals surface area contributed by atoms with Crippen molar-refractivity contribution >= 4 is 17.1 Å². The highest BCUT2D eigenvalue weighted by Crippen LogP contribution is 2.57. The van der Waals surface area contributed by atoms with Gasteiger partial charge in [-0.15, -0.1) is 0 Å². The van der Waals surface area contributed by atoms with E-state index in [9.17, 15) is 14.7 Å². The van der Waals surface area contributed by atoms with E-state index in [2.05, 4.69) is 20.2 Å². The van der Waals surface area contributed by atoms with Crippen LogP contribution in [0.5, 0.6) is 5.75 Å². The molecule has 9 heteroatoms. The van der Waals surface area contributed by atoms with E-state index in [1.165, 1.54) is 4.57 Å². The quantitative estimate of drug-likeness (QED) is 0.734. The molecule has 1 spiro atoms. The molecule has 0 radical (unpaired) electrons. The maximum absolute atomic E-state index is 13.3. The molecule has 7 rings (SSSR count). The minimum absolute atomic E-state index is 0.185. The molecule has 2 N–H and O–H groups in total. The molecule has 5 aliphatic rings. The lowest BCUT2D eigenvalue weighted by Crippen LogP contribution is -2.68. The van der Waals surface area contributed by atoms with Crippen LogP contribution in [0, 0.1) is 18.3 Å². The van der Waals surface area contributed by atoms with Crippen LogP contribution in [0.1, 0.15) is 35.3 Å². The Morgan fingerprint density at radius 3 is 2.63 bits per heavy atom. The third kappa shape index (κ3) is 2.54. The van der Waals surface area contributed by atoms with Crippen molar-refractivity contribution in [2.24, 2.45) is 11.3 Å². The molecule has 5 fully saturated rings. The van der Waals surface area contributed by atoms with Crippen LogP contribution in [0.2, 0.25) is 0 Å². The average Bonchev–Trinajstić information content (AvgIpc) is 2.57. The summed E-state index contributed by atoms with van der Waals surface area (Å²) in [6.45, 7) is 6.36. The summed E-state index contributed by atoms with van der Waals surface area (Å²) >= 11 is 0. The molecule has 2 saturated heterocycles. The third-order valence-electron chi connectivity index (χ3n) is 7.27. The van der Waals surface area contributed by atoms with Gasteiger partial charge in [0.25, 0.3) is 11.5 Å². The first-order chi connectivity index (χ1) is 14.4. The second-order valence-electron chi connectivity index (χ2n) is 9.78. The van der Waals surface area contributed by atoms with E-state index >= 15 is 0 Å². The molecule has 2 aromatic rings. The highest BCUT2D eigenvalue weighted by Gasteiger charge is 2.57. The van der Waals surface area contributed by atoms with Gasteiger partial charge in [0, 0.05) is 37.1 Å². The van der Waals surface area contributed by atoms with Crippen LogP contribution in [-0.2, 0) is 11.3 Å². The monoisotopic (exact) mass is 411 g/mol. The molecule has 1 amide bonds. The van der Waals surface area contributed by atoms with Crippen molar-refractivity contribution in [2.75, 3.05) is 32.8 Å². The molecule has 30 heavy (non-hydrogen) atoms. The number of pyridine rings is 1. The molecule has 3 saturated carbocycles. The lowest BCUT2D eigenvalue weighted by atomic mass is 9.50. The number of carbonyl (C=O) groups excluding carboxylic acids is 1. The fourth-order valence-corrected chi connectivity index (χ4v) is 5.50. The molecular formula is C21H25N5O4. The summed E-state index contributed by atoms with van der Waals surface area (Å²) in [5.74, 6) is -0.188. The van der Waals surface area contributed by atoms with E-state index in [1.54, 1.807) is 13.1 Å². The molecule has 158 valence electrons. The van der Waals surface area contributed by atoms with Gasteiger partial charge in [0.1, 0.15) is 11.1 Å². The molecular weight excluding hydrogens is 386 g/mol. The zero-order valence-electron chi connectivity index (χ0n) is 17.0. The molecule has 0 unspecified atom stereocenters. The largest absolute Gasteiger partial charge is 0.505 e. The molecule has 2 aliphatic heterocycles. The van der Waals surface area contributed by atoms with Crippen LogP contribution in [0.25, 0.3) is 11.2 Å². The molecule has 9 nitrogen and oxygen atoms in total. The number of fused-ring (bicyclic) bond motifs is 1. The first kappa shape index (κ1) is 18.3. The first-order valence-corrected chi connectivity index (χ1v) is 10.6. The van der Waals surface area contributed by atoms with E-state index in [0.29, 0.717) is 35.8 Å². The second kappa shape index (κ2) is 6.01. The van der Waals surface area contributed by atoms with Crippen LogP contribution >= 0.6 is 0 Å². The van der Waals surface area contributed by atoms with Gasteiger partial charge in [-0.3, -0.25) is 14.2 Å². The maximum Gasteiger partial charge on any atom is 0.269 e. The van der Waals surface area contributed by atoms with Crippen LogP contribution < -0.4 is 10.9 Å². The lowest BCUT2D eigenvalue weighted by Gasteiger charge is -2.61. The molecule has 0 atom stereocenters. The third-order valence-corrected chi connectivity index (χ3v) is 7.27. The second-order valence-corrected chi connectivity index (χ2v) is 9.78. The normalized spacial score (nSPS) is 28.4. The Bertz CT molecular complexity index is 1110. The number of hydrogen-bond acceptors (Lipinski definition) is 7. The van der Waals surface area contributed by atoms with Gasteiger partial charge >= 0.3 is 0 Å². The molecule has 4 heterocycles. The van der Waals surface area contributed by atoms with Gasteiger partial charge in [-0.05, 0) is 32.1 Å². The van der Waals surface area contributed by atoms with Gasteiger partial charge < -0.3 is 20.1 Å². The number of carbonyl (C=O) groups is 1. The number of rotatable bonds is 5. The van der Waals surface area contributed by atoms with Crippen molar-refractivity contribution in [3.63, 3.8) is 0 Å². The predicted molar refractivity (Wildman–Crippen MR) is 107 cm³/mol. The Hall–Kier alpha value is -2.52. The van der Waals surface area contributed by atoms with Crippen molar-refractivity contribution in [1.29, 1.82) is 0 Å². The summed E-state index contributed by atoms with van der Waals surface area (Å²) in [4.78, 5) is 37.3. The summed E-state index contributed by atoms with van der Waals surface area (Å²) in [7, 11) is 0. The lowest BCUT2D eigenvalue weighted by molar-refractivity contribution is -0.189. The van der Waals surface area contributed by atoms with E-state index < -0.39 is 11.5 Å². The van der Waals surface area contributed by atoms with Crippen LogP contribution in [-0.4, -0.2) is 68.8 Å². The summed E-state index contributed by atoms with van der Waals surface area (Å²) in [5.41, 5.74) is 0.506. The zero-order chi connectivity index (χ0) is 20.7. The molecule has 3 aliphatic carbocycles. The Morgan fingerprint density at radius 1 is 1.30 bits per heavy atom. The van der Waals surface area contributed by atoms with Crippen LogP contribution in [0.15, 0.2) is 11.0 Å². The van der Waals surface area contributed by atoms with E-state index in [-0.39, 0.29) is 22.4 Å². The number of aromatic hydroxyl groups is 1. The summed E-state index contributed by atoms with van der Waals surface area (Å²) in [6, 6.07) is 0. The Balaban J connectivity index is 1.33. The van der Waals surface area contributed by atoms with E-state index in [4.69, 9.17) is 4.74 Å². The minimum atomic E-state index is -0.510. The van der Waals surface area contributed by atoms with Gasteiger partial charge in [-0.2, -0.15) is 0 Å². The number of amides is 1. The van der Waals surface area contributed by atoms with Gasteiger partial charge in [0.15, 0.2) is 11.4 Å². The first-order valence-electron chi connectivity index (χ1n) is 10.6. The Labute approximate surface area is 173 Å². The van der Waals surface area contributed by atoms with E-state index in [1.807, 2.05) is 0 Å². The van der Waals surface area contributed by atoms with Crippen LogP contribution in [0.3, 0.4) is 0 Å². The topological polar surface area (TPSA) is 110 Å². The van der Waals surface area contributed by atoms with E-state index in [0.717, 1.165) is 45.6 Å². The smallest absolute Gasteiger partial charge is 0.269 e. The highest BCUT2D eigenvalue weighted by atomic mass is 16.5. The van der Waals surface area contributed by atoms with Gasteiger partial charge in [0.05, 0.1) is 25.1 Å². The highest BCUT2D eigenvalue weighted by molar-refractivity contribution is 6.01. The van der Waals surface area contributed by atoms with Crippen LogP contribution in [0.4, 0.5) is 0 Å². The molecule has 0 aromatic carbocycles.